The molecule has 8 aromatic carbocycles. The van der Waals surface area contributed by atoms with Crippen molar-refractivity contribution in [2.24, 2.45) is 0 Å². The number of pyridine rings is 1. The van der Waals surface area contributed by atoms with E-state index in [1.54, 1.807) is 0 Å². The first-order valence-electron chi connectivity index (χ1n) is 18.3. The van der Waals surface area contributed by atoms with Crippen molar-refractivity contribution in [3.05, 3.63) is 210 Å². The Morgan fingerprint density at radius 2 is 1.00 bits per heavy atom. The normalized spacial score (nSPS) is 13.8. The highest BCUT2D eigenvalue weighted by Crippen LogP contribution is 2.63. The van der Waals surface area contributed by atoms with Gasteiger partial charge in [-0.25, -0.2) is 4.98 Å². The predicted molar refractivity (Wildman–Crippen MR) is 219 cm³/mol. The lowest BCUT2D eigenvalue weighted by molar-refractivity contribution is 0.753. The number of fused-ring (bicyclic) bond motifs is 17. The topological polar surface area (TPSA) is 20.5 Å². The summed E-state index contributed by atoms with van der Waals surface area (Å²) in [6.45, 7) is 0. The second-order valence-electron chi connectivity index (χ2n) is 14.3. The maximum Gasteiger partial charge on any atom is 0.146 e. The minimum absolute atomic E-state index is 0.498. The molecule has 1 spiro atoms. The number of hydrogen-bond donors (Lipinski definition) is 0. The van der Waals surface area contributed by atoms with E-state index in [0.717, 1.165) is 27.8 Å². The lowest BCUT2D eigenvalue weighted by atomic mass is 9.64. The van der Waals surface area contributed by atoms with Gasteiger partial charge in [0, 0.05) is 16.5 Å². The molecular weight excluding hydrogens is 643 g/mol. The molecule has 0 unspecified atom stereocenters. The van der Waals surface area contributed by atoms with Crippen LogP contribution in [0.25, 0.3) is 60.6 Å². The third-order valence-corrected chi connectivity index (χ3v) is 11.7. The number of hydrogen-bond acceptors (Lipinski definition) is 2. The van der Waals surface area contributed by atoms with Gasteiger partial charge in [0.1, 0.15) is 5.65 Å². The van der Waals surface area contributed by atoms with E-state index in [-0.39, 0.29) is 0 Å². The molecular formula is C50H31N3. The van der Waals surface area contributed by atoms with E-state index in [1.165, 1.54) is 72.2 Å². The minimum atomic E-state index is -0.498. The number of rotatable bonds is 2. The van der Waals surface area contributed by atoms with Crippen LogP contribution >= 0.6 is 0 Å². The monoisotopic (exact) mass is 673 g/mol. The molecule has 0 fully saturated rings. The van der Waals surface area contributed by atoms with E-state index in [1.807, 2.05) is 0 Å². The first-order valence-corrected chi connectivity index (χ1v) is 18.3. The van der Waals surface area contributed by atoms with Crippen LogP contribution in [0.3, 0.4) is 0 Å². The molecule has 3 heteroatoms. The number of nitrogens with zero attached hydrogens (tertiary/aromatic N) is 3. The molecule has 3 heterocycles. The van der Waals surface area contributed by atoms with Crippen molar-refractivity contribution >= 4 is 55.4 Å². The fraction of sp³-hybridized carbons (Fsp3) is 0.0200. The molecule has 0 N–H and O–H groups in total. The molecule has 0 saturated heterocycles. The molecule has 0 bridgehead atoms. The maximum absolute atomic E-state index is 5.22. The van der Waals surface area contributed by atoms with Gasteiger partial charge in [0.2, 0.25) is 0 Å². The van der Waals surface area contributed by atoms with Gasteiger partial charge in [0.15, 0.2) is 0 Å². The number of anilines is 3. The summed E-state index contributed by atoms with van der Waals surface area (Å²) in [5.74, 6) is 0. The van der Waals surface area contributed by atoms with Crippen molar-refractivity contribution in [1.82, 2.24) is 9.38 Å². The number of imidazole rings is 1. The molecule has 1 aliphatic heterocycles. The van der Waals surface area contributed by atoms with Crippen LogP contribution in [0.15, 0.2) is 188 Å². The van der Waals surface area contributed by atoms with Gasteiger partial charge >= 0.3 is 0 Å². The van der Waals surface area contributed by atoms with Gasteiger partial charge in [0.25, 0.3) is 0 Å². The highest BCUT2D eigenvalue weighted by molar-refractivity contribution is 6.14. The average Bonchev–Trinajstić information content (AvgIpc) is 3.76. The van der Waals surface area contributed by atoms with E-state index < -0.39 is 5.41 Å². The molecule has 2 aliphatic rings. The van der Waals surface area contributed by atoms with Crippen LogP contribution in [0.1, 0.15) is 22.3 Å². The molecule has 0 radical (unpaired) electrons. The van der Waals surface area contributed by atoms with Crippen LogP contribution in [0.5, 0.6) is 0 Å². The third kappa shape index (κ3) is 3.70. The number of benzene rings is 8. The van der Waals surface area contributed by atoms with Gasteiger partial charge in [-0.3, -0.25) is 4.40 Å². The predicted octanol–water partition coefficient (Wildman–Crippen LogP) is 12.6. The fourth-order valence-electron chi connectivity index (χ4n) is 9.63. The van der Waals surface area contributed by atoms with Crippen molar-refractivity contribution in [3.8, 4) is 22.3 Å². The van der Waals surface area contributed by atoms with Gasteiger partial charge < -0.3 is 4.90 Å². The molecule has 1 aliphatic carbocycles. The quantitative estimate of drug-likeness (QED) is 0.170. The van der Waals surface area contributed by atoms with E-state index in [2.05, 4.69) is 197 Å². The van der Waals surface area contributed by atoms with Gasteiger partial charge in [0.05, 0.1) is 33.3 Å². The van der Waals surface area contributed by atoms with Crippen LogP contribution in [0.4, 0.5) is 17.1 Å². The molecule has 10 aromatic rings. The number of aromatic nitrogens is 2. The van der Waals surface area contributed by atoms with Gasteiger partial charge in [-0.05, 0) is 104 Å². The molecule has 0 amide bonds. The highest BCUT2D eigenvalue weighted by atomic mass is 15.2. The Balaban J connectivity index is 1.15. The largest absolute Gasteiger partial charge is 0.310 e. The Bertz CT molecular complexity index is 3090. The van der Waals surface area contributed by atoms with Crippen molar-refractivity contribution in [1.29, 1.82) is 0 Å². The Morgan fingerprint density at radius 3 is 1.81 bits per heavy atom. The Kier molecular flexibility index (Phi) is 5.70. The molecule has 3 nitrogen and oxygen atoms in total. The molecule has 0 atom stereocenters. The third-order valence-electron chi connectivity index (χ3n) is 11.7. The Hall–Kier alpha value is -6.97. The lowest BCUT2D eigenvalue weighted by Crippen LogP contribution is -2.36. The van der Waals surface area contributed by atoms with Crippen molar-refractivity contribution < 1.29 is 0 Å². The van der Waals surface area contributed by atoms with Crippen LogP contribution in [0, 0.1) is 0 Å². The van der Waals surface area contributed by atoms with Gasteiger partial charge in [-0.15, -0.1) is 0 Å². The van der Waals surface area contributed by atoms with Crippen LogP contribution in [0.2, 0.25) is 0 Å². The SMILES string of the molecule is c1ccc(N2c3ccccc3C3(c4ccccc4-c4ccc(-c5ccc6c7ccccc7n7c8ccccc8nc7c6c5)cc43)c3ccccc32)cc1. The summed E-state index contributed by atoms with van der Waals surface area (Å²) in [5.41, 5.74) is 17.6. The molecule has 2 aromatic heterocycles. The van der Waals surface area contributed by atoms with Crippen molar-refractivity contribution in [2.45, 2.75) is 5.41 Å². The highest BCUT2D eigenvalue weighted by Gasteiger charge is 2.51. The maximum atomic E-state index is 5.22. The molecule has 12 rings (SSSR count). The van der Waals surface area contributed by atoms with Crippen LogP contribution < -0.4 is 4.90 Å². The summed E-state index contributed by atoms with van der Waals surface area (Å²) in [4.78, 5) is 7.66. The fourth-order valence-corrected chi connectivity index (χ4v) is 9.63. The summed E-state index contributed by atoms with van der Waals surface area (Å²) < 4.78 is 2.33. The van der Waals surface area contributed by atoms with E-state index in [0.29, 0.717) is 0 Å². The minimum Gasteiger partial charge on any atom is -0.310 e. The van der Waals surface area contributed by atoms with Crippen molar-refractivity contribution in [2.75, 3.05) is 4.90 Å². The average molecular weight is 674 g/mol. The zero-order valence-corrected chi connectivity index (χ0v) is 28.7. The summed E-state index contributed by atoms with van der Waals surface area (Å²) in [6.07, 6.45) is 0. The van der Waals surface area contributed by atoms with E-state index in [9.17, 15) is 0 Å². The molecule has 246 valence electrons. The molecule has 53 heavy (non-hydrogen) atoms. The Labute approximate surface area is 306 Å². The standard InChI is InChI=1S/C50H31N3/c1-2-14-34(15-3-1)52-46-23-11-7-19-41(46)50(42-20-8-12-24-47(42)52)40-18-6-4-16-36(40)37-29-27-33(31-43(37)50)32-26-28-35-38-17-5-10-22-45(38)53-48-25-13-9-21-44(48)51-49(53)39(35)30-32/h1-31H. The summed E-state index contributed by atoms with van der Waals surface area (Å²) in [6, 6.07) is 69.1. The smallest absolute Gasteiger partial charge is 0.146 e. The number of para-hydroxylation sites is 6. The zero-order chi connectivity index (χ0) is 34.7. The summed E-state index contributed by atoms with van der Waals surface area (Å²) in [7, 11) is 0. The second kappa shape index (κ2) is 10.5. The second-order valence-corrected chi connectivity index (χ2v) is 14.3. The summed E-state index contributed by atoms with van der Waals surface area (Å²) >= 11 is 0. The van der Waals surface area contributed by atoms with E-state index >= 15 is 0 Å². The van der Waals surface area contributed by atoms with Crippen LogP contribution in [-0.2, 0) is 5.41 Å². The summed E-state index contributed by atoms with van der Waals surface area (Å²) in [5, 5.41) is 3.60. The van der Waals surface area contributed by atoms with E-state index in [4.69, 9.17) is 4.98 Å². The Morgan fingerprint density at radius 1 is 0.396 bits per heavy atom. The molecule has 0 saturated carbocycles. The van der Waals surface area contributed by atoms with Gasteiger partial charge in [-0.2, -0.15) is 0 Å². The first-order chi connectivity index (χ1) is 26.3. The lowest BCUT2D eigenvalue weighted by Gasteiger charge is -2.45. The van der Waals surface area contributed by atoms with Crippen molar-refractivity contribution in [3.63, 3.8) is 0 Å². The zero-order valence-electron chi connectivity index (χ0n) is 28.7. The van der Waals surface area contributed by atoms with Crippen LogP contribution in [-0.4, -0.2) is 9.38 Å². The van der Waals surface area contributed by atoms with Gasteiger partial charge in [-0.1, -0.05) is 133 Å². The first kappa shape index (κ1) is 28.7.